The second-order valence-electron chi connectivity index (χ2n) is 6.03. The molecule has 2 heterocycles. The highest BCUT2D eigenvalue weighted by molar-refractivity contribution is 7.91. The fraction of sp³-hybridized carbons (Fsp3) is 0.625. The number of aromatic nitrogens is 1. The summed E-state index contributed by atoms with van der Waals surface area (Å²) in [5, 5.41) is 2.90. The summed E-state index contributed by atoms with van der Waals surface area (Å²) in [7, 11) is -2.93. The van der Waals surface area contributed by atoms with E-state index in [4.69, 9.17) is 0 Å². The number of hydrogen-bond acceptors (Lipinski definition) is 5. The van der Waals surface area contributed by atoms with Gasteiger partial charge in [0.15, 0.2) is 9.84 Å². The molecule has 1 saturated heterocycles. The number of rotatable bonds is 6. The van der Waals surface area contributed by atoms with Crippen LogP contribution in [0.2, 0.25) is 0 Å². The van der Waals surface area contributed by atoms with Gasteiger partial charge in [0.25, 0.3) is 5.91 Å². The third kappa shape index (κ3) is 4.43. The van der Waals surface area contributed by atoms with Crippen LogP contribution >= 0.6 is 0 Å². The van der Waals surface area contributed by atoms with Crippen LogP contribution in [0.5, 0.6) is 0 Å². The number of pyridine rings is 1. The fourth-order valence-electron chi connectivity index (χ4n) is 2.73. The molecule has 0 bridgehead atoms. The second-order valence-corrected chi connectivity index (χ2v) is 8.26. The Kier molecular flexibility index (Phi) is 5.62. The highest BCUT2D eigenvalue weighted by atomic mass is 32.2. The molecule has 1 N–H and O–H groups in total. The van der Waals surface area contributed by atoms with Crippen LogP contribution in [0.4, 0.5) is 5.82 Å². The van der Waals surface area contributed by atoms with Crippen molar-refractivity contribution in [3.8, 4) is 0 Å². The molecular weight excluding hydrogens is 314 g/mol. The predicted octanol–water partition coefficient (Wildman–Crippen LogP) is 1.62. The summed E-state index contributed by atoms with van der Waals surface area (Å²) in [6.07, 6.45) is 3.06. The molecule has 2 rings (SSSR count). The Morgan fingerprint density at radius 2 is 2.17 bits per heavy atom. The van der Waals surface area contributed by atoms with E-state index in [1.807, 2.05) is 25.7 Å². The van der Waals surface area contributed by atoms with Gasteiger partial charge in [0.1, 0.15) is 5.82 Å². The van der Waals surface area contributed by atoms with Gasteiger partial charge < -0.3 is 10.2 Å². The van der Waals surface area contributed by atoms with Crippen LogP contribution in [0.15, 0.2) is 18.3 Å². The molecule has 1 amide bonds. The molecule has 0 aliphatic carbocycles. The van der Waals surface area contributed by atoms with Gasteiger partial charge in [-0.3, -0.25) is 4.79 Å². The summed E-state index contributed by atoms with van der Waals surface area (Å²) in [5.41, 5.74) is 0.518. The maximum Gasteiger partial charge on any atom is 0.253 e. The number of carbonyl (C=O) groups is 1. The SMILES string of the molecule is CCC(C)NC(=O)c1ccc(N(CC)C2CCS(=O)(=O)C2)nc1. The maximum absolute atomic E-state index is 12.1. The fourth-order valence-corrected chi connectivity index (χ4v) is 4.46. The number of nitrogens with one attached hydrogen (secondary N) is 1. The normalized spacial score (nSPS) is 20.9. The van der Waals surface area contributed by atoms with E-state index in [2.05, 4.69) is 10.3 Å². The summed E-state index contributed by atoms with van der Waals surface area (Å²) in [6.45, 7) is 6.64. The average Bonchev–Trinajstić information content (AvgIpc) is 2.88. The Hall–Kier alpha value is -1.63. The summed E-state index contributed by atoms with van der Waals surface area (Å²) in [6, 6.07) is 3.63. The van der Waals surface area contributed by atoms with Gasteiger partial charge in [-0.15, -0.1) is 0 Å². The average molecular weight is 339 g/mol. The Bertz CT molecular complexity index is 643. The van der Waals surface area contributed by atoms with Gasteiger partial charge in [-0.2, -0.15) is 0 Å². The Balaban J connectivity index is 2.10. The van der Waals surface area contributed by atoms with Crippen LogP contribution in [0.1, 0.15) is 44.0 Å². The van der Waals surface area contributed by atoms with Crippen molar-refractivity contribution in [2.75, 3.05) is 23.0 Å². The number of nitrogens with zero attached hydrogens (tertiary/aromatic N) is 2. The van der Waals surface area contributed by atoms with Crippen molar-refractivity contribution >= 4 is 21.6 Å². The van der Waals surface area contributed by atoms with Crippen LogP contribution in [-0.4, -0.2) is 49.4 Å². The van der Waals surface area contributed by atoms with Crippen molar-refractivity contribution in [2.45, 2.75) is 45.7 Å². The van der Waals surface area contributed by atoms with Crippen LogP contribution in [0.3, 0.4) is 0 Å². The van der Waals surface area contributed by atoms with E-state index in [0.29, 0.717) is 18.5 Å². The molecule has 1 aromatic rings. The maximum atomic E-state index is 12.1. The van der Waals surface area contributed by atoms with Crippen molar-refractivity contribution in [1.82, 2.24) is 10.3 Å². The van der Waals surface area contributed by atoms with Gasteiger partial charge >= 0.3 is 0 Å². The quantitative estimate of drug-likeness (QED) is 0.852. The van der Waals surface area contributed by atoms with Crippen LogP contribution in [0.25, 0.3) is 0 Å². The topological polar surface area (TPSA) is 79.4 Å². The lowest BCUT2D eigenvalue weighted by atomic mass is 10.2. The first-order valence-corrected chi connectivity index (χ1v) is 9.92. The van der Waals surface area contributed by atoms with E-state index in [9.17, 15) is 13.2 Å². The molecule has 1 aliphatic rings. The standard InChI is InChI=1S/C16H25N3O3S/c1-4-12(3)18-16(20)13-6-7-15(17-10-13)19(5-2)14-8-9-23(21,22)11-14/h6-7,10,12,14H,4-5,8-9,11H2,1-3H3,(H,18,20). The zero-order valence-corrected chi connectivity index (χ0v) is 14.8. The monoisotopic (exact) mass is 339 g/mol. The van der Waals surface area contributed by atoms with Crippen LogP contribution < -0.4 is 10.2 Å². The first kappa shape index (κ1) is 17.7. The first-order chi connectivity index (χ1) is 10.9. The predicted molar refractivity (Wildman–Crippen MR) is 91.5 cm³/mol. The van der Waals surface area contributed by atoms with Gasteiger partial charge in [-0.25, -0.2) is 13.4 Å². The van der Waals surface area contributed by atoms with E-state index in [1.165, 1.54) is 0 Å². The molecule has 0 spiro atoms. The summed E-state index contributed by atoms with van der Waals surface area (Å²) in [4.78, 5) is 18.4. The largest absolute Gasteiger partial charge is 0.353 e. The number of anilines is 1. The smallest absolute Gasteiger partial charge is 0.253 e. The zero-order chi connectivity index (χ0) is 17.0. The molecule has 7 heteroatoms. The molecule has 0 radical (unpaired) electrons. The Morgan fingerprint density at radius 3 is 2.65 bits per heavy atom. The third-order valence-electron chi connectivity index (χ3n) is 4.28. The zero-order valence-electron chi connectivity index (χ0n) is 13.9. The van der Waals surface area contributed by atoms with E-state index >= 15 is 0 Å². The molecule has 6 nitrogen and oxygen atoms in total. The van der Waals surface area contributed by atoms with Gasteiger partial charge in [-0.05, 0) is 38.8 Å². The number of sulfone groups is 1. The lowest BCUT2D eigenvalue weighted by Crippen LogP contribution is -2.37. The van der Waals surface area contributed by atoms with Crippen molar-refractivity contribution in [3.63, 3.8) is 0 Å². The van der Waals surface area contributed by atoms with Crippen LogP contribution in [0, 0.1) is 0 Å². The Labute approximate surface area is 138 Å². The molecular formula is C16H25N3O3S. The van der Waals surface area contributed by atoms with Gasteiger partial charge in [0.2, 0.25) is 0 Å². The van der Waals surface area contributed by atoms with Crippen LogP contribution in [-0.2, 0) is 9.84 Å². The van der Waals surface area contributed by atoms with Gasteiger partial charge in [0.05, 0.1) is 17.1 Å². The summed E-state index contributed by atoms with van der Waals surface area (Å²) in [5.74, 6) is 1.00. The molecule has 128 valence electrons. The molecule has 2 atom stereocenters. The number of carbonyl (C=O) groups excluding carboxylic acids is 1. The molecule has 1 fully saturated rings. The highest BCUT2D eigenvalue weighted by Gasteiger charge is 2.32. The van der Waals surface area contributed by atoms with Crippen molar-refractivity contribution in [3.05, 3.63) is 23.9 Å². The molecule has 0 saturated carbocycles. The van der Waals surface area contributed by atoms with E-state index < -0.39 is 9.84 Å². The Morgan fingerprint density at radius 1 is 1.43 bits per heavy atom. The molecule has 1 aromatic heterocycles. The lowest BCUT2D eigenvalue weighted by Gasteiger charge is -2.28. The highest BCUT2D eigenvalue weighted by Crippen LogP contribution is 2.22. The summed E-state index contributed by atoms with van der Waals surface area (Å²) >= 11 is 0. The minimum Gasteiger partial charge on any atom is -0.353 e. The van der Waals surface area contributed by atoms with Crippen molar-refractivity contribution < 1.29 is 13.2 Å². The van der Waals surface area contributed by atoms with Crippen molar-refractivity contribution in [2.24, 2.45) is 0 Å². The number of amides is 1. The minimum absolute atomic E-state index is 0.0303. The molecule has 1 aliphatic heterocycles. The third-order valence-corrected chi connectivity index (χ3v) is 6.03. The lowest BCUT2D eigenvalue weighted by molar-refractivity contribution is 0.0939. The number of hydrogen-bond donors (Lipinski definition) is 1. The van der Waals surface area contributed by atoms with Gasteiger partial charge in [0, 0.05) is 24.8 Å². The van der Waals surface area contributed by atoms with E-state index in [-0.39, 0.29) is 29.5 Å². The summed E-state index contributed by atoms with van der Waals surface area (Å²) < 4.78 is 23.3. The van der Waals surface area contributed by atoms with Gasteiger partial charge in [-0.1, -0.05) is 6.92 Å². The van der Waals surface area contributed by atoms with E-state index in [0.717, 1.165) is 12.2 Å². The first-order valence-electron chi connectivity index (χ1n) is 8.10. The van der Waals surface area contributed by atoms with Crippen molar-refractivity contribution in [1.29, 1.82) is 0 Å². The molecule has 2 unspecified atom stereocenters. The second kappa shape index (κ2) is 7.29. The molecule has 23 heavy (non-hydrogen) atoms. The minimum atomic E-state index is -2.93. The molecule has 0 aromatic carbocycles. The van der Waals surface area contributed by atoms with E-state index in [1.54, 1.807) is 18.3 Å².